The van der Waals surface area contributed by atoms with E-state index in [1.165, 1.54) is 53.3 Å². The Hall–Kier alpha value is -2.51. The smallest absolute Gasteiger partial charge is 0.287 e. The number of nitrogens with two attached hydrogens (primary N) is 1. The van der Waals surface area contributed by atoms with E-state index in [9.17, 15) is 14.0 Å². The SMILES string of the molecule is O=C(c1ccc(F)cc1)N1CCCC[C@H]([NH2+]C[C@@H](c2ccco2)[NH+]2CCCCC2)C1=O. The molecular weight excluding hydrogens is 397 g/mol. The number of hydrogen-bond donors (Lipinski definition) is 2. The van der Waals surface area contributed by atoms with Crippen LogP contribution in [0, 0.1) is 5.82 Å². The minimum atomic E-state index is -0.394. The lowest BCUT2D eigenvalue weighted by Crippen LogP contribution is -3.16. The fourth-order valence-corrected chi connectivity index (χ4v) is 4.86. The second-order valence-electron chi connectivity index (χ2n) is 8.66. The van der Waals surface area contributed by atoms with Crippen LogP contribution in [0.3, 0.4) is 0 Å². The number of likely N-dealkylation sites (tertiary alicyclic amines) is 2. The zero-order chi connectivity index (χ0) is 21.6. The Morgan fingerprint density at radius 1 is 1.13 bits per heavy atom. The summed E-state index contributed by atoms with van der Waals surface area (Å²) in [5, 5.41) is 2.10. The van der Waals surface area contributed by atoms with Crippen LogP contribution in [0.15, 0.2) is 47.1 Å². The first-order valence-electron chi connectivity index (χ1n) is 11.5. The molecule has 2 saturated heterocycles. The second-order valence-corrected chi connectivity index (χ2v) is 8.66. The van der Waals surface area contributed by atoms with Gasteiger partial charge in [0.15, 0.2) is 17.8 Å². The molecule has 0 unspecified atom stereocenters. The van der Waals surface area contributed by atoms with E-state index < -0.39 is 5.82 Å². The Kier molecular flexibility index (Phi) is 7.14. The summed E-state index contributed by atoms with van der Waals surface area (Å²) in [6.07, 6.45) is 7.88. The van der Waals surface area contributed by atoms with Crippen molar-refractivity contribution >= 4 is 11.8 Å². The normalized spacial score (nSPS) is 21.6. The molecule has 0 spiro atoms. The molecule has 0 radical (unpaired) electrons. The van der Waals surface area contributed by atoms with Gasteiger partial charge in [-0.1, -0.05) is 0 Å². The second kappa shape index (κ2) is 10.2. The Bertz CT molecular complexity index is 863. The highest BCUT2D eigenvalue weighted by Crippen LogP contribution is 2.15. The number of quaternary nitrogens is 2. The highest BCUT2D eigenvalue weighted by Gasteiger charge is 2.36. The van der Waals surface area contributed by atoms with Crippen LogP contribution in [0.1, 0.15) is 60.7 Å². The molecule has 2 aliphatic heterocycles. The fourth-order valence-electron chi connectivity index (χ4n) is 4.86. The number of rotatable bonds is 6. The van der Waals surface area contributed by atoms with E-state index in [2.05, 4.69) is 5.32 Å². The van der Waals surface area contributed by atoms with E-state index in [1.807, 2.05) is 12.1 Å². The number of nitrogens with one attached hydrogen (secondary N) is 1. The molecule has 7 heteroatoms. The molecule has 2 amide bonds. The van der Waals surface area contributed by atoms with E-state index in [1.54, 1.807) is 6.26 Å². The molecular formula is C24H32FN3O3+2. The summed E-state index contributed by atoms with van der Waals surface area (Å²) in [5.41, 5.74) is 0.349. The Morgan fingerprint density at radius 3 is 2.61 bits per heavy atom. The van der Waals surface area contributed by atoms with Crippen molar-refractivity contribution in [3.63, 3.8) is 0 Å². The highest BCUT2D eigenvalue weighted by atomic mass is 19.1. The molecule has 166 valence electrons. The maximum absolute atomic E-state index is 13.3. The van der Waals surface area contributed by atoms with Crippen LogP contribution in [-0.4, -0.2) is 48.9 Å². The molecule has 1 aromatic carbocycles. The lowest BCUT2D eigenvalue weighted by Gasteiger charge is -2.30. The average Bonchev–Trinajstić information content (AvgIpc) is 3.26. The van der Waals surface area contributed by atoms with Gasteiger partial charge in [-0.15, -0.1) is 0 Å². The Morgan fingerprint density at radius 2 is 1.90 bits per heavy atom. The van der Waals surface area contributed by atoms with Gasteiger partial charge in [-0.25, -0.2) is 4.39 Å². The average molecular weight is 430 g/mol. The molecule has 3 heterocycles. The van der Waals surface area contributed by atoms with Gasteiger partial charge >= 0.3 is 0 Å². The maximum atomic E-state index is 13.3. The van der Waals surface area contributed by atoms with E-state index in [0.29, 0.717) is 12.1 Å². The lowest BCUT2D eigenvalue weighted by atomic mass is 10.1. The van der Waals surface area contributed by atoms with Gasteiger partial charge in [0.2, 0.25) is 0 Å². The van der Waals surface area contributed by atoms with Gasteiger partial charge in [-0.2, -0.15) is 0 Å². The van der Waals surface area contributed by atoms with Crippen molar-refractivity contribution in [1.29, 1.82) is 0 Å². The summed E-state index contributed by atoms with van der Waals surface area (Å²) in [4.78, 5) is 29.1. The Balaban J connectivity index is 1.45. The number of hydrogen-bond acceptors (Lipinski definition) is 3. The quantitative estimate of drug-likeness (QED) is 0.681. The molecule has 0 bridgehead atoms. The van der Waals surface area contributed by atoms with Crippen LogP contribution in [0.25, 0.3) is 0 Å². The zero-order valence-electron chi connectivity index (χ0n) is 17.9. The largest absolute Gasteiger partial charge is 0.463 e. The molecule has 2 aliphatic rings. The van der Waals surface area contributed by atoms with Gasteiger partial charge in [0, 0.05) is 18.5 Å². The fraction of sp³-hybridized carbons (Fsp3) is 0.500. The van der Waals surface area contributed by atoms with Crippen molar-refractivity contribution in [2.24, 2.45) is 0 Å². The van der Waals surface area contributed by atoms with Crippen molar-refractivity contribution in [2.45, 2.75) is 50.6 Å². The molecule has 0 saturated carbocycles. The number of amides is 2. The first-order valence-corrected chi connectivity index (χ1v) is 11.5. The molecule has 1 aromatic heterocycles. The van der Waals surface area contributed by atoms with Crippen LogP contribution in [0.2, 0.25) is 0 Å². The minimum absolute atomic E-state index is 0.140. The monoisotopic (exact) mass is 429 g/mol. The first kappa shape index (κ1) is 21.7. The number of benzene rings is 1. The van der Waals surface area contributed by atoms with Crippen molar-refractivity contribution in [3.05, 3.63) is 59.8 Å². The third-order valence-electron chi connectivity index (χ3n) is 6.60. The first-order chi connectivity index (χ1) is 15.1. The summed E-state index contributed by atoms with van der Waals surface area (Å²) < 4.78 is 19.0. The summed E-state index contributed by atoms with van der Waals surface area (Å²) in [6, 6.07) is 9.28. The Labute approximate surface area is 182 Å². The van der Waals surface area contributed by atoms with Crippen LogP contribution in [0.5, 0.6) is 0 Å². The van der Waals surface area contributed by atoms with Crippen molar-refractivity contribution in [2.75, 3.05) is 26.2 Å². The van der Waals surface area contributed by atoms with E-state index in [-0.39, 0.29) is 23.9 Å². The molecule has 31 heavy (non-hydrogen) atoms. The predicted octanol–water partition coefficient (Wildman–Crippen LogP) is 1.31. The number of imide groups is 1. The molecule has 4 rings (SSSR count). The third kappa shape index (κ3) is 5.22. The van der Waals surface area contributed by atoms with Crippen LogP contribution in [0.4, 0.5) is 4.39 Å². The summed E-state index contributed by atoms with van der Waals surface area (Å²) >= 11 is 0. The van der Waals surface area contributed by atoms with E-state index in [0.717, 1.165) is 44.7 Å². The predicted molar refractivity (Wildman–Crippen MR) is 113 cm³/mol. The molecule has 2 fully saturated rings. The van der Waals surface area contributed by atoms with Gasteiger partial charge in [0.25, 0.3) is 11.8 Å². The number of carbonyl (C=O) groups is 2. The van der Waals surface area contributed by atoms with Gasteiger partial charge in [0.1, 0.15) is 12.4 Å². The number of halogens is 1. The van der Waals surface area contributed by atoms with Gasteiger partial charge in [-0.3, -0.25) is 14.5 Å². The number of furan rings is 1. The summed E-state index contributed by atoms with van der Waals surface area (Å²) in [6.45, 7) is 3.40. The molecule has 2 aromatic rings. The molecule has 0 aliphatic carbocycles. The van der Waals surface area contributed by atoms with Crippen molar-refractivity contribution in [3.8, 4) is 0 Å². The number of piperidine rings is 1. The van der Waals surface area contributed by atoms with E-state index in [4.69, 9.17) is 4.42 Å². The van der Waals surface area contributed by atoms with Crippen molar-refractivity contribution < 1.29 is 28.6 Å². The van der Waals surface area contributed by atoms with Crippen LogP contribution < -0.4 is 10.2 Å². The zero-order valence-corrected chi connectivity index (χ0v) is 17.9. The van der Waals surface area contributed by atoms with Gasteiger partial charge < -0.3 is 14.6 Å². The summed E-state index contributed by atoms with van der Waals surface area (Å²) in [5.74, 6) is 0.0933. The number of nitrogens with zero attached hydrogens (tertiary/aromatic N) is 1. The molecule has 3 N–H and O–H groups in total. The lowest BCUT2D eigenvalue weighted by molar-refractivity contribution is -0.951. The van der Waals surface area contributed by atoms with Crippen LogP contribution >= 0.6 is 0 Å². The molecule has 6 nitrogen and oxygen atoms in total. The molecule has 2 atom stereocenters. The third-order valence-corrected chi connectivity index (χ3v) is 6.60. The van der Waals surface area contributed by atoms with Gasteiger partial charge in [-0.05, 0) is 68.5 Å². The van der Waals surface area contributed by atoms with Crippen molar-refractivity contribution in [1.82, 2.24) is 4.90 Å². The van der Waals surface area contributed by atoms with Crippen LogP contribution in [-0.2, 0) is 4.79 Å². The topological polar surface area (TPSA) is 71.6 Å². The number of carbonyl (C=O) groups excluding carboxylic acids is 2. The minimum Gasteiger partial charge on any atom is -0.463 e. The van der Waals surface area contributed by atoms with E-state index >= 15 is 0 Å². The van der Waals surface area contributed by atoms with Gasteiger partial charge in [0.05, 0.1) is 19.4 Å². The standard InChI is InChI=1S/C24H30FN3O3/c25-19-11-9-18(10-12-19)23(29)28-15-5-2-7-20(24(28)30)26-17-21(22-8-6-16-31-22)27-13-3-1-4-14-27/h6,8-12,16,20-21,26H,1-5,7,13-15,17H2/p+2/t20-,21-/m0/s1. The summed E-state index contributed by atoms with van der Waals surface area (Å²) in [7, 11) is 0. The highest BCUT2D eigenvalue weighted by molar-refractivity contribution is 6.05. The maximum Gasteiger partial charge on any atom is 0.287 e.